The lowest BCUT2D eigenvalue weighted by Gasteiger charge is -1.79. The van der Waals surface area contributed by atoms with Crippen LogP contribution >= 0.6 is 0 Å². The van der Waals surface area contributed by atoms with Gasteiger partial charge in [-0.25, -0.2) is 0 Å². The predicted molar refractivity (Wildman–Crippen MR) is 29.5 cm³/mol. The number of hydrogen-bond acceptors (Lipinski definition) is 1. The summed E-state index contributed by atoms with van der Waals surface area (Å²) in [6, 6.07) is 2.04. The molecule has 1 N–H and O–H groups in total. The fourth-order valence-corrected chi connectivity index (χ4v) is 0.778. The van der Waals surface area contributed by atoms with Crippen molar-refractivity contribution in [3.63, 3.8) is 0 Å². The molecule has 0 radical (unpaired) electrons. The highest BCUT2D eigenvalue weighted by Crippen LogP contribution is 2.28. The van der Waals surface area contributed by atoms with E-state index in [2.05, 4.69) is 4.98 Å². The summed E-state index contributed by atoms with van der Waals surface area (Å²) >= 11 is 0. The minimum atomic E-state index is 0.404. The van der Waals surface area contributed by atoms with Crippen LogP contribution in [0.2, 0.25) is 0 Å². The molecule has 1 unspecified atom stereocenters. The second kappa shape index (κ2) is 1.36. The lowest BCUT2D eigenvalue weighted by Crippen LogP contribution is -1.69. The smallest absolute Gasteiger partial charge is 0.107 e. The fraction of sp³-hybridized carbons (Fsp3) is 0.333. The van der Waals surface area contributed by atoms with Crippen LogP contribution in [0.15, 0.2) is 18.5 Å². The minimum absolute atomic E-state index is 0.404. The normalized spacial score (nSPS) is 25.8. The van der Waals surface area contributed by atoms with Gasteiger partial charge in [0.05, 0.1) is 6.61 Å². The molecule has 2 rings (SSSR count). The Bertz CT molecular complexity index is 165. The molecule has 2 heterocycles. The van der Waals surface area contributed by atoms with Crippen LogP contribution in [-0.2, 0) is 4.74 Å². The number of aromatic amines is 1. The maximum atomic E-state index is 5.03. The minimum Gasteiger partial charge on any atom is -0.368 e. The third kappa shape index (κ3) is 0.537. The SMILES string of the molecule is c1cc(C2CO2)c[nH]1. The molecule has 0 saturated carbocycles. The lowest BCUT2D eigenvalue weighted by molar-refractivity contribution is 0.416. The number of hydrogen-bond donors (Lipinski definition) is 1. The second-order valence-corrected chi connectivity index (χ2v) is 1.97. The van der Waals surface area contributed by atoms with E-state index in [4.69, 9.17) is 4.74 Å². The quantitative estimate of drug-likeness (QED) is 0.537. The maximum absolute atomic E-state index is 5.03. The van der Waals surface area contributed by atoms with Gasteiger partial charge in [-0.2, -0.15) is 0 Å². The van der Waals surface area contributed by atoms with Gasteiger partial charge < -0.3 is 9.72 Å². The third-order valence-corrected chi connectivity index (χ3v) is 1.33. The topological polar surface area (TPSA) is 28.3 Å². The van der Waals surface area contributed by atoms with E-state index in [-0.39, 0.29) is 0 Å². The highest BCUT2D eigenvalue weighted by atomic mass is 16.6. The van der Waals surface area contributed by atoms with Gasteiger partial charge in [0.25, 0.3) is 0 Å². The van der Waals surface area contributed by atoms with Gasteiger partial charge >= 0.3 is 0 Å². The molecule has 0 amide bonds. The first kappa shape index (κ1) is 4.15. The molecule has 2 nitrogen and oxygen atoms in total. The summed E-state index contributed by atoms with van der Waals surface area (Å²) in [7, 11) is 0. The molecule has 0 aliphatic carbocycles. The number of epoxide rings is 1. The summed E-state index contributed by atoms with van der Waals surface area (Å²) in [5.74, 6) is 0. The van der Waals surface area contributed by atoms with Gasteiger partial charge in [-0.3, -0.25) is 0 Å². The van der Waals surface area contributed by atoms with E-state index in [1.807, 2.05) is 18.5 Å². The maximum Gasteiger partial charge on any atom is 0.107 e. The highest BCUT2D eigenvalue weighted by Gasteiger charge is 2.24. The summed E-state index contributed by atoms with van der Waals surface area (Å²) in [4.78, 5) is 2.97. The molecule has 1 aliphatic rings. The van der Waals surface area contributed by atoms with Crippen molar-refractivity contribution in [3.8, 4) is 0 Å². The Morgan fingerprint density at radius 1 is 1.75 bits per heavy atom. The molecule has 8 heavy (non-hydrogen) atoms. The zero-order valence-corrected chi connectivity index (χ0v) is 4.42. The molecule has 0 bridgehead atoms. The Morgan fingerprint density at radius 3 is 3.12 bits per heavy atom. The molecular formula is C6H7NO. The first-order chi connectivity index (χ1) is 3.97. The Balaban J connectivity index is 2.28. The summed E-state index contributed by atoms with van der Waals surface area (Å²) in [6.45, 7) is 0.901. The van der Waals surface area contributed by atoms with Crippen LogP contribution in [0.3, 0.4) is 0 Å². The van der Waals surface area contributed by atoms with Crippen molar-refractivity contribution in [2.75, 3.05) is 6.61 Å². The number of nitrogens with one attached hydrogen (secondary N) is 1. The summed E-state index contributed by atoms with van der Waals surface area (Å²) in [5, 5.41) is 0. The van der Waals surface area contributed by atoms with Crippen LogP contribution in [0.5, 0.6) is 0 Å². The molecule has 0 spiro atoms. The van der Waals surface area contributed by atoms with Crippen molar-refractivity contribution in [1.82, 2.24) is 4.98 Å². The first-order valence-electron chi connectivity index (χ1n) is 2.71. The van der Waals surface area contributed by atoms with Crippen LogP contribution in [0.1, 0.15) is 11.7 Å². The Kier molecular flexibility index (Phi) is 0.704. The van der Waals surface area contributed by atoms with E-state index in [0.29, 0.717) is 6.10 Å². The molecule has 1 fully saturated rings. The van der Waals surface area contributed by atoms with Gasteiger partial charge in [-0.1, -0.05) is 0 Å². The van der Waals surface area contributed by atoms with Crippen LogP contribution in [-0.4, -0.2) is 11.6 Å². The van der Waals surface area contributed by atoms with Crippen LogP contribution in [0.25, 0.3) is 0 Å². The Hall–Kier alpha value is -0.760. The molecular weight excluding hydrogens is 102 g/mol. The fourth-order valence-electron chi connectivity index (χ4n) is 0.778. The van der Waals surface area contributed by atoms with Crippen LogP contribution in [0, 0.1) is 0 Å². The van der Waals surface area contributed by atoms with Crippen LogP contribution < -0.4 is 0 Å². The molecule has 42 valence electrons. The number of rotatable bonds is 1. The Morgan fingerprint density at radius 2 is 2.62 bits per heavy atom. The van der Waals surface area contributed by atoms with Gasteiger partial charge in [0.2, 0.25) is 0 Å². The average Bonchev–Trinajstić information content (AvgIpc) is 2.49. The van der Waals surface area contributed by atoms with Gasteiger partial charge in [0, 0.05) is 18.0 Å². The number of H-pyrrole nitrogens is 1. The van der Waals surface area contributed by atoms with Gasteiger partial charge in [-0.05, 0) is 6.07 Å². The summed E-state index contributed by atoms with van der Waals surface area (Å²) in [6.07, 6.45) is 4.29. The van der Waals surface area contributed by atoms with Crippen molar-refractivity contribution in [3.05, 3.63) is 24.0 Å². The molecule has 1 atom stereocenters. The van der Waals surface area contributed by atoms with Gasteiger partial charge in [0.1, 0.15) is 6.10 Å². The van der Waals surface area contributed by atoms with E-state index in [0.717, 1.165) is 6.61 Å². The average molecular weight is 109 g/mol. The lowest BCUT2D eigenvalue weighted by atomic mass is 10.3. The van der Waals surface area contributed by atoms with E-state index >= 15 is 0 Å². The molecule has 1 aromatic heterocycles. The van der Waals surface area contributed by atoms with E-state index in [9.17, 15) is 0 Å². The zero-order chi connectivity index (χ0) is 5.40. The van der Waals surface area contributed by atoms with Crippen molar-refractivity contribution in [1.29, 1.82) is 0 Å². The molecule has 1 aliphatic heterocycles. The first-order valence-corrected chi connectivity index (χ1v) is 2.71. The van der Waals surface area contributed by atoms with Crippen molar-refractivity contribution >= 4 is 0 Å². The van der Waals surface area contributed by atoms with E-state index in [1.165, 1.54) is 5.56 Å². The second-order valence-electron chi connectivity index (χ2n) is 1.97. The van der Waals surface area contributed by atoms with E-state index in [1.54, 1.807) is 0 Å². The van der Waals surface area contributed by atoms with Gasteiger partial charge in [-0.15, -0.1) is 0 Å². The number of ether oxygens (including phenoxy) is 1. The van der Waals surface area contributed by atoms with Crippen LogP contribution in [0.4, 0.5) is 0 Å². The highest BCUT2D eigenvalue weighted by molar-refractivity contribution is 5.15. The standard InChI is InChI=1S/C6H7NO/c1-2-7-3-5(1)6-4-8-6/h1-3,6-7H,4H2. The Labute approximate surface area is 47.5 Å². The van der Waals surface area contributed by atoms with E-state index < -0.39 is 0 Å². The monoisotopic (exact) mass is 109 g/mol. The molecule has 1 saturated heterocycles. The molecule has 1 aromatic rings. The summed E-state index contributed by atoms with van der Waals surface area (Å²) < 4.78 is 5.03. The largest absolute Gasteiger partial charge is 0.368 e. The van der Waals surface area contributed by atoms with Crippen molar-refractivity contribution in [2.24, 2.45) is 0 Å². The van der Waals surface area contributed by atoms with Crippen molar-refractivity contribution in [2.45, 2.75) is 6.10 Å². The third-order valence-electron chi connectivity index (χ3n) is 1.33. The summed E-state index contributed by atoms with van der Waals surface area (Å²) in [5.41, 5.74) is 1.27. The predicted octanol–water partition coefficient (Wildman–Crippen LogP) is 1.09. The van der Waals surface area contributed by atoms with Crippen molar-refractivity contribution < 1.29 is 4.74 Å². The molecule has 2 heteroatoms. The zero-order valence-electron chi connectivity index (χ0n) is 4.42. The molecule has 0 aromatic carbocycles. The number of aromatic nitrogens is 1. The van der Waals surface area contributed by atoms with Gasteiger partial charge in [0.15, 0.2) is 0 Å².